The van der Waals surface area contributed by atoms with Crippen LogP contribution in [0, 0.1) is 23.0 Å². The lowest BCUT2D eigenvalue weighted by Gasteiger charge is -2.29. The zero-order valence-electron chi connectivity index (χ0n) is 26.9. The fourth-order valence-corrected chi connectivity index (χ4v) is 5.78. The van der Waals surface area contributed by atoms with Crippen LogP contribution in [0.5, 0.6) is 0 Å². The van der Waals surface area contributed by atoms with Crippen LogP contribution >= 0.6 is 0 Å². The summed E-state index contributed by atoms with van der Waals surface area (Å²) in [6.07, 6.45) is 10.4. The molecule has 2 aromatic rings. The zero-order valence-corrected chi connectivity index (χ0v) is 26.9. The molecule has 1 atom stereocenters. The van der Waals surface area contributed by atoms with Crippen molar-refractivity contribution < 1.29 is 33.0 Å². The predicted octanol–water partition coefficient (Wildman–Crippen LogP) is 8.37. The van der Waals surface area contributed by atoms with Crippen LogP contribution in [0.4, 0.5) is 8.78 Å². The number of halogens is 2. The molecule has 0 bridgehead atoms. The Kier molecular flexibility index (Phi) is 13.6. The number of benzene rings is 2. The van der Waals surface area contributed by atoms with Gasteiger partial charge in [-0.05, 0) is 106 Å². The van der Waals surface area contributed by atoms with Crippen LogP contribution in [0.3, 0.4) is 0 Å². The number of hydrogen-bond donors (Lipinski definition) is 1. The number of unbranched alkanes of at least 4 members (excludes halogenated alkanes) is 2. The molecule has 0 spiro atoms. The minimum Gasteiger partial charge on any atom is -0.464 e. The first-order valence-corrected chi connectivity index (χ1v) is 16.1. The number of carbonyl (C=O) groups excluding carboxylic acids is 2. The summed E-state index contributed by atoms with van der Waals surface area (Å²) >= 11 is 0. The Labute approximate surface area is 262 Å². The molecule has 1 saturated carbocycles. The van der Waals surface area contributed by atoms with E-state index in [-0.39, 0.29) is 30.5 Å². The van der Waals surface area contributed by atoms with Crippen molar-refractivity contribution in [3.05, 3.63) is 82.4 Å². The number of carbonyl (C=O) groups is 2. The number of aryl methyl sites for hydroxylation is 2. The zero-order chi connectivity index (χ0) is 32.3. The van der Waals surface area contributed by atoms with Gasteiger partial charge in [0.1, 0.15) is 24.8 Å². The van der Waals surface area contributed by atoms with Crippen LogP contribution in [0.25, 0.3) is 0 Å². The maximum absolute atomic E-state index is 15.3. The third-order valence-corrected chi connectivity index (χ3v) is 8.93. The van der Waals surface area contributed by atoms with Crippen molar-refractivity contribution in [2.45, 2.75) is 104 Å². The third kappa shape index (κ3) is 10.3. The Morgan fingerprint density at radius 2 is 1.68 bits per heavy atom. The number of aliphatic hydroxyl groups is 1. The molecule has 3 rings (SSSR count). The van der Waals surface area contributed by atoms with E-state index in [4.69, 9.17) is 9.47 Å². The molecule has 0 amide bonds. The molecular weight excluding hydrogens is 562 g/mol. The van der Waals surface area contributed by atoms with Gasteiger partial charge in [0.2, 0.25) is 0 Å². The summed E-state index contributed by atoms with van der Waals surface area (Å²) in [5.74, 6) is -1.38. The van der Waals surface area contributed by atoms with Crippen LogP contribution in [-0.4, -0.2) is 36.9 Å². The number of rotatable bonds is 16. The number of hydrogen-bond acceptors (Lipinski definition) is 5. The minimum atomic E-state index is -1.10. The van der Waals surface area contributed by atoms with Crippen molar-refractivity contribution in [1.82, 2.24) is 0 Å². The second-order valence-corrected chi connectivity index (χ2v) is 13.1. The molecule has 0 aromatic heterocycles. The fourth-order valence-electron chi connectivity index (χ4n) is 5.78. The highest BCUT2D eigenvalue weighted by atomic mass is 19.1. The van der Waals surface area contributed by atoms with E-state index in [2.05, 4.69) is 13.5 Å². The first-order valence-electron chi connectivity index (χ1n) is 16.1. The highest BCUT2D eigenvalue weighted by Gasteiger charge is 2.30. The summed E-state index contributed by atoms with van der Waals surface area (Å²) in [4.78, 5) is 24.4. The van der Waals surface area contributed by atoms with Crippen molar-refractivity contribution in [3.63, 3.8) is 0 Å². The first-order chi connectivity index (χ1) is 20.9. The molecule has 1 aliphatic rings. The quantitative estimate of drug-likeness (QED) is 0.117. The first kappa shape index (κ1) is 35.4. The van der Waals surface area contributed by atoms with Crippen molar-refractivity contribution in [1.29, 1.82) is 0 Å². The molecule has 5 nitrogen and oxygen atoms in total. The van der Waals surface area contributed by atoms with E-state index in [1.165, 1.54) is 51.5 Å². The maximum Gasteiger partial charge on any atom is 0.333 e. The van der Waals surface area contributed by atoms with Gasteiger partial charge in [0.25, 0.3) is 0 Å². The molecule has 0 saturated heterocycles. The summed E-state index contributed by atoms with van der Waals surface area (Å²) in [5.41, 5.74) is 1.74. The monoisotopic (exact) mass is 612 g/mol. The summed E-state index contributed by atoms with van der Waals surface area (Å²) in [5, 5.41) is 9.46. The molecule has 242 valence electrons. The van der Waals surface area contributed by atoms with Gasteiger partial charge in [-0.15, -0.1) is 0 Å². The van der Waals surface area contributed by atoms with Crippen molar-refractivity contribution >= 4 is 11.9 Å². The lowest BCUT2D eigenvalue weighted by molar-refractivity contribution is -0.157. The van der Waals surface area contributed by atoms with E-state index in [0.717, 1.165) is 29.9 Å². The molecule has 1 N–H and O–H groups in total. The van der Waals surface area contributed by atoms with Gasteiger partial charge in [-0.25, -0.2) is 13.6 Å². The Bertz CT molecular complexity index is 1260. The van der Waals surface area contributed by atoms with E-state index in [9.17, 15) is 14.7 Å². The standard InChI is InChI=1S/C37H50F2O5/c1-6-7-8-9-26-10-14-28(15-11-26)32-19-13-27(20-34(32)39)12-16-29-17-18-30(21-33(29)38)31(22-43-35(41)25(2)3)23-44-36(42)37(4,5)24-40/h13,17-21,26,28,31,40H,2,6-12,14-16,22-24H2,1,3-5H3. The molecule has 0 radical (unpaired) electrons. The van der Waals surface area contributed by atoms with Gasteiger partial charge in [0.05, 0.1) is 17.9 Å². The number of aliphatic hydroxyl groups excluding tert-OH is 1. The van der Waals surface area contributed by atoms with Crippen LogP contribution in [0.2, 0.25) is 0 Å². The average Bonchev–Trinajstić information content (AvgIpc) is 3.00. The van der Waals surface area contributed by atoms with Gasteiger partial charge >= 0.3 is 11.9 Å². The Hall–Kier alpha value is -3.06. The van der Waals surface area contributed by atoms with Crippen LogP contribution in [-0.2, 0) is 31.9 Å². The molecule has 0 heterocycles. The van der Waals surface area contributed by atoms with Gasteiger partial charge in [0.15, 0.2) is 0 Å². The summed E-state index contributed by atoms with van der Waals surface area (Å²) in [6, 6.07) is 10.2. The molecule has 44 heavy (non-hydrogen) atoms. The Morgan fingerprint density at radius 1 is 0.977 bits per heavy atom. The van der Waals surface area contributed by atoms with E-state index >= 15 is 8.78 Å². The summed E-state index contributed by atoms with van der Waals surface area (Å²) < 4.78 is 41.1. The van der Waals surface area contributed by atoms with Crippen LogP contribution in [0.1, 0.15) is 113 Å². The van der Waals surface area contributed by atoms with Gasteiger partial charge in [-0.2, -0.15) is 0 Å². The van der Waals surface area contributed by atoms with E-state index in [0.29, 0.717) is 24.0 Å². The van der Waals surface area contributed by atoms with Crippen molar-refractivity contribution in [2.24, 2.45) is 11.3 Å². The van der Waals surface area contributed by atoms with Crippen molar-refractivity contribution in [3.8, 4) is 0 Å². The van der Waals surface area contributed by atoms with E-state index < -0.39 is 35.7 Å². The third-order valence-electron chi connectivity index (χ3n) is 8.93. The van der Waals surface area contributed by atoms with Crippen LogP contribution < -0.4 is 0 Å². The molecule has 1 aliphatic carbocycles. The van der Waals surface area contributed by atoms with Crippen molar-refractivity contribution in [2.75, 3.05) is 19.8 Å². The van der Waals surface area contributed by atoms with Gasteiger partial charge in [-0.3, -0.25) is 4.79 Å². The normalized spacial score (nSPS) is 17.6. The van der Waals surface area contributed by atoms with Gasteiger partial charge in [-0.1, -0.05) is 63.5 Å². The topological polar surface area (TPSA) is 72.8 Å². The van der Waals surface area contributed by atoms with Gasteiger partial charge < -0.3 is 14.6 Å². The molecule has 0 aliphatic heterocycles. The van der Waals surface area contributed by atoms with E-state index in [1.54, 1.807) is 32.0 Å². The maximum atomic E-state index is 15.3. The lowest BCUT2D eigenvalue weighted by atomic mass is 9.76. The second kappa shape index (κ2) is 16.9. The smallest absolute Gasteiger partial charge is 0.333 e. The molecular formula is C37H50F2O5. The lowest BCUT2D eigenvalue weighted by Crippen LogP contribution is -2.32. The Balaban J connectivity index is 1.62. The summed E-state index contributed by atoms with van der Waals surface area (Å²) in [7, 11) is 0. The number of esters is 2. The average molecular weight is 613 g/mol. The van der Waals surface area contributed by atoms with E-state index in [1.807, 2.05) is 12.1 Å². The highest BCUT2D eigenvalue weighted by Crippen LogP contribution is 2.39. The second-order valence-electron chi connectivity index (χ2n) is 13.1. The van der Waals surface area contributed by atoms with Gasteiger partial charge in [0, 0.05) is 5.57 Å². The minimum absolute atomic E-state index is 0.135. The Morgan fingerprint density at radius 3 is 2.30 bits per heavy atom. The summed E-state index contributed by atoms with van der Waals surface area (Å²) in [6.45, 7) is 9.75. The van der Waals surface area contributed by atoms with Crippen LogP contribution in [0.15, 0.2) is 48.6 Å². The highest BCUT2D eigenvalue weighted by molar-refractivity contribution is 5.86. The number of ether oxygens (including phenoxy) is 2. The largest absolute Gasteiger partial charge is 0.464 e. The predicted molar refractivity (Wildman–Crippen MR) is 169 cm³/mol. The molecule has 2 aromatic carbocycles. The fraction of sp³-hybridized carbons (Fsp3) is 0.568. The molecule has 1 unspecified atom stereocenters. The molecule has 1 fully saturated rings. The molecule has 7 heteroatoms. The SMILES string of the molecule is C=C(C)C(=O)OCC(COC(=O)C(C)(C)CO)c1ccc(CCc2ccc(C3CCC(CCCCC)CC3)c(F)c2)c(F)c1.